The molecule has 0 unspecified atom stereocenters. The molecule has 0 aliphatic carbocycles. The molecule has 20 heavy (non-hydrogen) atoms. The first-order valence-corrected chi connectivity index (χ1v) is 6.45. The van der Waals surface area contributed by atoms with E-state index in [1.807, 2.05) is 32.0 Å². The highest BCUT2D eigenvalue weighted by Gasteiger charge is 2.12. The Bertz CT molecular complexity index is 619. The Labute approximate surface area is 116 Å². The van der Waals surface area contributed by atoms with E-state index >= 15 is 0 Å². The molecular weight excluding hydrogens is 258 g/mol. The summed E-state index contributed by atoms with van der Waals surface area (Å²) in [6.07, 6.45) is 0.0893. The fourth-order valence-corrected chi connectivity index (χ4v) is 1.83. The largest absolute Gasteiger partial charge is 0.356 e. The van der Waals surface area contributed by atoms with Crippen molar-refractivity contribution in [3.05, 3.63) is 30.0 Å². The van der Waals surface area contributed by atoms with Crippen molar-refractivity contribution >= 4 is 22.8 Å². The van der Waals surface area contributed by atoms with Crippen LogP contribution < -0.4 is 10.6 Å². The van der Waals surface area contributed by atoms with E-state index in [2.05, 4.69) is 15.8 Å². The third kappa shape index (κ3) is 3.57. The molecule has 0 bridgehead atoms. The van der Waals surface area contributed by atoms with Crippen LogP contribution in [0.25, 0.3) is 11.0 Å². The van der Waals surface area contributed by atoms with Crippen LogP contribution in [-0.2, 0) is 16.0 Å². The van der Waals surface area contributed by atoms with E-state index in [-0.39, 0.29) is 30.8 Å². The van der Waals surface area contributed by atoms with Crippen molar-refractivity contribution in [3.63, 3.8) is 0 Å². The number of nitrogens with zero attached hydrogens (tertiary/aromatic N) is 1. The highest BCUT2D eigenvalue weighted by molar-refractivity contribution is 5.88. The van der Waals surface area contributed by atoms with Crippen molar-refractivity contribution in [2.45, 2.75) is 26.3 Å². The van der Waals surface area contributed by atoms with E-state index in [0.717, 1.165) is 5.39 Å². The van der Waals surface area contributed by atoms with Gasteiger partial charge in [-0.3, -0.25) is 9.59 Å². The quantitative estimate of drug-likeness (QED) is 0.853. The summed E-state index contributed by atoms with van der Waals surface area (Å²) < 4.78 is 5.12. The zero-order chi connectivity index (χ0) is 14.5. The monoisotopic (exact) mass is 275 g/mol. The Hall–Kier alpha value is -2.37. The smallest absolute Gasteiger partial charge is 0.239 e. The summed E-state index contributed by atoms with van der Waals surface area (Å²) >= 11 is 0. The topological polar surface area (TPSA) is 84.2 Å². The van der Waals surface area contributed by atoms with E-state index in [1.54, 1.807) is 6.07 Å². The van der Waals surface area contributed by atoms with Crippen molar-refractivity contribution in [3.8, 4) is 0 Å². The second-order valence-electron chi connectivity index (χ2n) is 4.80. The number of nitrogens with one attached hydrogen (secondary N) is 2. The van der Waals surface area contributed by atoms with Crippen molar-refractivity contribution in [2.75, 3.05) is 6.54 Å². The molecule has 1 aromatic carbocycles. The average Bonchev–Trinajstić information content (AvgIpc) is 2.79. The number of benzene rings is 1. The van der Waals surface area contributed by atoms with Crippen LogP contribution in [0.2, 0.25) is 0 Å². The van der Waals surface area contributed by atoms with Gasteiger partial charge in [-0.15, -0.1) is 0 Å². The second-order valence-corrected chi connectivity index (χ2v) is 4.80. The fraction of sp³-hybridized carbons (Fsp3) is 0.357. The van der Waals surface area contributed by atoms with Gasteiger partial charge >= 0.3 is 0 Å². The molecule has 2 amide bonds. The molecule has 2 N–H and O–H groups in total. The van der Waals surface area contributed by atoms with Gasteiger partial charge in [-0.1, -0.05) is 17.3 Å². The van der Waals surface area contributed by atoms with Crippen molar-refractivity contribution in [2.24, 2.45) is 0 Å². The molecule has 0 aliphatic rings. The third-order valence-corrected chi connectivity index (χ3v) is 2.68. The third-order valence-electron chi connectivity index (χ3n) is 2.68. The zero-order valence-electron chi connectivity index (χ0n) is 11.5. The van der Waals surface area contributed by atoms with Crippen LogP contribution in [0.15, 0.2) is 28.8 Å². The van der Waals surface area contributed by atoms with E-state index in [9.17, 15) is 9.59 Å². The maximum Gasteiger partial charge on any atom is 0.239 e. The van der Waals surface area contributed by atoms with Gasteiger partial charge in [0.15, 0.2) is 5.58 Å². The lowest BCUT2D eigenvalue weighted by Crippen LogP contribution is -2.40. The number of aromatic nitrogens is 1. The molecule has 2 aromatic rings. The minimum absolute atomic E-state index is 0.0349. The predicted octanol–water partition coefficient (Wildman–Crippen LogP) is 1.01. The van der Waals surface area contributed by atoms with E-state index in [4.69, 9.17) is 4.52 Å². The summed E-state index contributed by atoms with van der Waals surface area (Å²) in [6.45, 7) is 3.69. The van der Waals surface area contributed by atoms with Gasteiger partial charge in [0.1, 0.15) is 5.69 Å². The number of carbonyl (C=O) groups excluding carboxylic acids is 2. The first kappa shape index (κ1) is 14.0. The lowest BCUT2D eigenvalue weighted by molar-refractivity contribution is -0.126. The molecule has 0 radical (unpaired) electrons. The SMILES string of the molecule is CC(C)NC(=O)CNC(=O)Cc1noc2ccccc12. The first-order chi connectivity index (χ1) is 9.56. The average molecular weight is 275 g/mol. The van der Waals surface area contributed by atoms with Crippen LogP contribution in [0.4, 0.5) is 0 Å². The number of amides is 2. The summed E-state index contributed by atoms with van der Waals surface area (Å²) in [5.74, 6) is -0.471. The van der Waals surface area contributed by atoms with Crippen LogP contribution in [0.5, 0.6) is 0 Å². The molecular formula is C14H17N3O3. The minimum atomic E-state index is -0.261. The summed E-state index contributed by atoms with van der Waals surface area (Å²) in [5, 5.41) is 9.95. The second kappa shape index (κ2) is 6.18. The molecule has 1 aromatic heterocycles. The number of para-hydroxylation sites is 1. The Morgan fingerprint density at radius 2 is 2.00 bits per heavy atom. The molecule has 0 atom stereocenters. The van der Waals surface area contributed by atoms with Crippen LogP contribution >= 0.6 is 0 Å². The highest BCUT2D eigenvalue weighted by Crippen LogP contribution is 2.17. The molecule has 2 rings (SSSR count). The Morgan fingerprint density at radius 1 is 1.25 bits per heavy atom. The van der Waals surface area contributed by atoms with Crippen molar-refractivity contribution in [1.29, 1.82) is 0 Å². The molecule has 0 spiro atoms. The van der Waals surface area contributed by atoms with Gasteiger partial charge in [0.05, 0.1) is 13.0 Å². The van der Waals surface area contributed by atoms with Gasteiger partial charge in [-0.05, 0) is 26.0 Å². The Kier molecular flexibility index (Phi) is 4.34. The van der Waals surface area contributed by atoms with Crippen LogP contribution in [0.3, 0.4) is 0 Å². The zero-order valence-corrected chi connectivity index (χ0v) is 11.5. The molecule has 0 saturated heterocycles. The summed E-state index contributed by atoms with van der Waals surface area (Å²) in [4.78, 5) is 23.2. The number of carbonyl (C=O) groups is 2. The van der Waals surface area contributed by atoms with Gasteiger partial charge in [0, 0.05) is 11.4 Å². The molecule has 0 aliphatic heterocycles. The summed E-state index contributed by atoms with van der Waals surface area (Å²) in [5.41, 5.74) is 1.22. The number of rotatable bonds is 5. The van der Waals surface area contributed by atoms with Crippen LogP contribution in [0, 0.1) is 0 Å². The fourth-order valence-electron chi connectivity index (χ4n) is 1.83. The van der Waals surface area contributed by atoms with E-state index in [1.165, 1.54) is 0 Å². The van der Waals surface area contributed by atoms with Gasteiger partial charge in [0.2, 0.25) is 11.8 Å². The van der Waals surface area contributed by atoms with Gasteiger partial charge in [-0.2, -0.15) is 0 Å². The Balaban J connectivity index is 1.90. The first-order valence-electron chi connectivity index (χ1n) is 6.45. The molecule has 6 heteroatoms. The minimum Gasteiger partial charge on any atom is -0.356 e. The molecule has 0 fully saturated rings. The maximum atomic E-state index is 11.8. The van der Waals surface area contributed by atoms with Gasteiger partial charge in [-0.25, -0.2) is 0 Å². The standard InChI is InChI=1S/C14H17N3O3/c1-9(2)16-14(19)8-15-13(18)7-11-10-5-3-4-6-12(10)20-17-11/h3-6,9H,7-8H2,1-2H3,(H,15,18)(H,16,19). The van der Waals surface area contributed by atoms with Crippen molar-refractivity contribution in [1.82, 2.24) is 15.8 Å². The predicted molar refractivity (Wildman–Crippen MR) is 74.0 cm³/mol. The number of fused-ring (bicyclic) bond motifs is 1. The molecule has 106 valence electrons. The van der Waals surface area contributed by atoms with Gasteiger partial charge < -0.3 is 15.2 Å². The maximum absolute atomic E-state index is 11.8. The van der Waals surface area contributed by atoms with Crippen LogP contribution in [0.1, 0.15) is 19.5 Å². The molecule has 0 saturated carbocycles. The van der Waals surface area contributed by atoms with E-state index < -0.39 is 0 Å². The summed E-state index contributed by atoms with van der Waals surface area (Å²) in [6, 6.07) is 7.39. The Morgan fingerprint density at radius 3 is 2.75 bits per heavy atom. The molecule has 1 heterocycles. The van der Waals surface area contributed by atoms with Crippen molar-refractivity contribution < 1.29 is 14.1 Å². The lowest BCUT2D eigenvalue weighted by atomic mass is 10.1. The van der Waals surface area contributed by atoms with Gasteiger partial charge in [0.25, 0.3) is 0 Å². The highest BCUT2D eigenvalue weighted by atomic mass is 16.5. The number of hydrogen-bond acceptors (Lipinski definition) is 4. The van der Waals surface area contributed by atoms with E-state index in [0.29, 0.717) is 11.3 Å². The number of hydrogen-bond donors (Lipinski definition) is 2. The van der Waals surface area contributed by atoms with Crippen LogP contribution in [-0.4, -0.2) is 29.6 Å². The normalized spacial score (nSPS) is 10.8. The summed E-state index contributed by atoms with van der Waals surface area (Å²) in [7, 11) is 0. The lowest BCUT2D eigenvalue weighted by Gasteiger charge is -2.08. The molecule has 6 nitrogen and oxygen atoms in total.